The molecule has 27 heavy (non-hydrogen) atoms. The van der Waals surface area contributed by atoms with Gasteiger partial charge in [-0.05, 0) is 36.4 Å². The van der Waals surface area contributed by atoms with Crippen molar-refractivity contribution in [2.75, 3.05) is 13.4 Å². The summed E-state index contributed by atoms with van der Waals surface area (Å²) in [5.74, 6) is 2.66. The number of carbonyl (C=O) groups is 1. The molecule has 0 aliphatic heterocycles. The van der Waals surface area contributed by atoms with E-state index >= 15 is 0 Å². The number of ether oxygens (including phenoxy) is 1. The summed E-state index contributed by atoms with van der Waals surface area (Å²) in [6.07, 6.45) is 6.60. The van der Waals surface area contributed by atoms with Gasteiger partial charge in [-0.3, -0.25) is 4.79 Å². The van der Waals surface area contributed by atoms with E-state index in [4.69, 9.17) is 11.2 Å². The molecule has 0 saturated heterocycles. The Morgan fingerprint density at radius 1 is 1.30 bits per heavy atom. The molecule has 0 spiro atoms. The number of rotatable bonds is 4. The number of hydrogen-bond acceptors (Lipinski definition) is 5. The average Bonchev–Trinajstić information content (AvgIpc) is 2.98. The highest BCUT2D eigenvalue weighted by Crippen LogP contribution is 2.22. The van der Waals surface area contributed by atoms with Gasteiger partial charge in [0.2, 0.25) is 0 Å². The molecule has 0 bridgehead atoms. The van der Waals surface area contributed by atoms with E-state index in [2.05, 4.69) is 10.9 Å². The van der Waals surface area contributed by atoms with Crippen molar-refractivity contribution in [1.29, 1.82) is 0 Å². The molecule has 3 rings (SSSR count). The Hall–Kier alpha value is -2.89. The van der Waals surface area contributed by atoms with Crippen molar-refractivity contribution in [1.82, 2.24) is 4.57 Å². The maximum Gasteiger partial charge on any atom is 0.279 e. The summed E-state index contributed by atoms with van der Waals surface area (Å²) >= 11 is 1.21. The molecule has 0 atom stereocenters. The third kappa shape index (κ3) is 3.94. The molecule has 0 fully saturated rings. The van der Waals surface area contributed by atoms with Gasteiger partial charge >= 0.3 is 0 Å². The first kappa shape index (κ1) is 18.9. The maximum absolute atomic E-state index is 12.6. The van der Waals surface area contributed by atoms with Crippen LogP contribution in [-0.4, -0.2) is 32.3 Å². The van der Waals surface area contributed by atoms with Crippen LogP contribution in [0.1, 0.15) is 10.4 Å². The monoisotopic (exact) mass is 400 g/mol. The number of sulfone groups is 1. The fourth-order valence-electron chi connectivity index (χ4n) is 2.52. The Kier molecular flexibility index (Phi) is 5.17. The van der Waals surface area contributed by atoms with Crippen molar-refractivity contribution >= 4 is 37.3 Å². The normalized spacial score (nSPS) is 12.1. The van der Waals surface area contributed by atoms with Crippen molar-refractivity contribution in [2.24, 2.45) is 4.99 Å². The SMILES string of the molecule is C#CCn1c(=NC(=O)c2cccc(OC)c2)sc2cc(S(C)(=O)=O)ccc21. The van der Waals surface area contributed by atoms with Crippen LogP contribution < -0.4 is 9.54 Å². The minimum atomic E-state index is -3.34. The van der Waals surface area contributed by atoms with Crippen molar-refractivity contribution in [3.8, 4) is 18.1 Å². The number of methoxy groups -OCH3 is 1. The van der Waals surface area contributed by atoms with Crippen molar-refractivity contribution in [2.45, 2.75) is 11.4 Å². The lowest BCUT2D eigenvalue weighted by molar-refractivity contribution is 0.0997. The van der Waals surface area contributed by atoms with E-state index in [0.717, 1.165) is 11.8 Å². The highest BCUT2D eigenvalue weighted by Gasteiger charge is 2.13. The highest BCUT2D eigenvalue weighted by atomic mass is 32.2. The maximum atomic E-state index is 12.6. The van der Waals surface area contributed by atoms with Gasteiger partial charge in [0.05, 0.1) is 28.8 Å². The molecular formula is C19H16N2O4S2. The second kappa shape index (κ2) is 7.39. The van der Waals surface area contributed by atoms with E-state index in [-0.39, 0.29) is 11.4 Å². The van der Waals surface area contributed by atoms with E-state index in [1.165, 1.54) is 24.5 Å². The second-order valence-corrected chi connectivity index (χ2v) is 8.75. The first-order valence-corrected chi connectivity index (χ1v) is 10.5. The van der Waals surface area contributed by atoms with Crippen LogP contribution in [0.15, 0.2) is 52.4 Å². The molecule has 1 aromatic heterocycles. The Morgan fingerprint density at radius 2 is 2.07 bits per heavy atom. The number of thiazole rings is 1. The first-order chi connectivity index (χ1) is 12.8. The zero-order chi connectivity index (χ0) is 19.6. The predicted molar refractivity (Wildman–Crippen MR) is 105 cm³/mol. The van der Waals surface area contributed by atoms with Crippen LogP contribution in [0.4, 0.5) is 0 Å². The Morgan fingerprint density at radius 3 is 2.74 bits per heavy atom. The number of fused-ring (bicyclic) bond motifs is 1. The molecule has 3 aromatic rings. The molecule has 138 valence electrons. The number of amides is 1. The molecule has 2 aromatic carbocycles. The molecule has 0 aliphatic rings. The van der Waals surface area contributed by atoms with Crippen molar-refractivity contribution in [3.63, 3.8) is 0 Å². The summed E-state index contributed by atoms with van der Waals surface area (Å²) in [6, 6.07) is 11.5. The molecule has 0 unspecified atom stereocenters. The summed E-state index contributed by atoms with van der Waals surface area (Å²) in [4.78, 5) is 17.4. The quantitative estimate of drug-likeness (QED) is 0.631. The van der Waals surface area contributed by atoms with Gasteiger partial charge in [0.15, 0.2) is 14.6 Å². The van der Waals surface area contributed by atoms with Crippen molar-refractivity contribution < 1.29 is 17.9 Å². The minimum absolute atomic E-state index is 0.203. The smallest absolute Gasteiger partial charge is 0.279 e. The van der Waals surface area contributed by atoms with Gasteiger partial charge in [0, 0.05) is 11.8 Å². The Labute approximate surface area is 160 Å². The predicted octanol–water partition coefficient (Wildman–Crippen LogP) is 2.49. The lowest BCUT2D eigenvalue weighted by Crippen LogP contribution is -2.16. The third-order valence-electron chi connectivity index (χ3n) is 3.85. The number of aromatic nitrogens is 1. The fourth-order valence-corrected chi connectivity index (χ4v) is 4.31. The molecule has 1 amide bonds. The molecule has 6 nitrogen and oxygen atoms in total. The summed E-state index contributed by atoms with van der Waals surface area (Å²) in [5, 5.41) is 0. The zero-order valence-corrected chi connectivity index (χ0v) is 16.3. The topological polar surface area (TPSA) is 77.7 Å². The van der Waals surface area contributed by atoms with Crippen LogP contribution in [0.25, 0.3) is 10.2 Å². The van der Waals surface area contributed by atoms with E-state index < -0.39 is 15.7 Å². The van der Waals surface area contributed by atoms with E-state index in [0.29, 0.717) is 20.8 Å². The summed E-state index contributed by atoms with van der Waals surface area (Å²) < 4.78 is 31.1. The van der Waals surface area contributed by atoms with Crippen LogP contribution in [0.2, 0.25) is 0 Å². The standard InChI is InChI=1S/C19H16N2O4S2/c1-4-10-21-16-9-8-15(27(3,23)24)12-17(16)26-19(21)20-18(22)13-6-5-7-14(11-13)25-2/h1,5-9,11-12H,10H2,2-3H3. The number of nitrogens with zero attached hydrogens (tertiary/aromatic N) is 2. The van der Waals surface area contributed by atoms with Gasteiger partial charge in [-0.1, -0.05) is 23.3 Å². The average molecular weight is 400 g/mol. The Bertz CT molecular complexity index is 1240. The molecule has 0 radical (unpaired) electrons. The molecule has 1 heterocycles. The van der Waals surface area contributed by atoms with Crippen LogP contribution in [0.5, 0.6) is 5.75 Å². The van der Waals surface area contributed by atoms with Crippen LogP contribution in [0, 0.1) is 12.3 Å². The summed E-state index contributed by atoms with van der Waals surface area (Å²) in [6.45, 7) is 0.211. The lowest BCUT2D eigenvalue weighted by Gasteiger charge is -2.02. The van der Waals surface area contributed by atoms with Gasteiger partial charge in [0.25, 0.3) is 5.91 Å². The molecule has 0 N–H and O–H groups in total. The van der Waals surface area contributed by atoms with E-state index in [1.807, 2.05) is 0 Å². The van der Waals surface area contributed by atoms with Crippen molar-refractivity contribution in [3.05, 3.63) is 52.8 Å². The lowest BCUT2D eigenvalue weighted by atomic mass is 10.2. The zero-order valence-electron chi connectivity index (χ0n) is 14.7. The van der Waals surface area contributed by atoms with E-state index in [1.54, 1.807) is 41.0 Å². The molecule has 8 heteroatoms. The largest absolute Gasteiger partial charge is 0.497 e. The fraction of sp³-hybridized carbons (Fsp3) is 0.158. The first-order valence-electron chi connectivity index (χ1n) is 7.83. The van der Waals surface area contributed by atoms with Gasteiger partial charge in [-0.2, -0.15) is 4.99 Å². The van der Waals surface area contributed by atoms with Gasteiger partial charge in [-0.15, -0.1) is 6.42 Å². The number of terminal acetylenes is 1. The highest BCUT2D eigenvalue weighted by molar-refractivity contribution is 7.90. The Balaban J connectivity index is 2.17. The summed E-state index contributed by atoms with van der Waals surface area (Å²) in [5.41, 5.74) is 1.11. The van der Waals surface area contributed by atoms with E-state index in [9.17, 15) is 13.2 Å². The van der Waals surface area contributed by atoms with Crippen LogP contribution in [0.3, 0.4) is 0 Å². The minimum Gasteiger partial charge on any atom is -0.497 e. The van der Waals surface area contributed by atoms with Gasteiger partial charge in [0.1, 0.15) is 5.75 Å². The number of benzene rings is 2. The number of carbonyl (C=O) groups excluding carboxylic acids is 1. The van der Waals surface area contributed by atoms with Gasteiger partial charge < -0.3 is 9.30 Å². The molecule has 0 saturated carbocycles. The van der Waals surface area contributed by atoms with Gasteiger partial charge in [-0.25, -0.2) is 8.42 Å². The van der Waals surface area contributed by atoms with Crippen LogP contribution >= 0.6 is 11.3 Å². The molecule has 0 aliphatic carbocycles. The number of hydrogen-bond donors (Lipinski definition) is 0. The third-order valence-corrected chi connectivity index (χ3v) is 6.00. The molecular weight excluding hydrogens is 384 g/mol. The van der Waals surface area contributed by atoms with Crippen LogP contribution in [-0.2, 0) is 16.4 Å². The summed E-state index contributed by atoms with van der Waals surface area (Å²) in [7, 11) is -1.82. The second-order valence-electron chi connectivity index (χ2n) is 5.73.